The number of Topliss-reactive ketones (excluding diaryl/α,β-unsaturated/α-hetero) is 2. The summed E-state index contributed by atoms with van der Waals surface area (Å²) in [5.41, 5.74) is 2.16. The summed E-state index contributed by atoms with van der Waals surface area (Å²) in [5.74, 6) is 0.715. The second-order valence-corrected chi connectivity index (χ2v) is 9.36. The van der Waals surface area contributed by atoms with Gasteiger partial charge in [0.2, 0.25) is 0 Å². The zero-order valence-corrected chi connectivity index (χ0v) is 18.6. The Hall–Kier alpha value is -2.24. The number of aryl methyl sites for hydroxylation is 1. The molecule has 1 saturated carbocycles. The first-order valence-electron chi connectivity index (χ1n) is 11.3. The SMILES string of the molecule is CCCCCCN=C1CCCC(=O)/C1=C(\O)CCc1noc2c1C(=O)CC(C)(C)C2. The molecule has 0 unspecified atom stereocenters. The van der Waals surface area contributed by atoms with E-state index in [1.807, 2.05) is 13.8 Å². The molecule has 0 spiro atoms. The van der Waals surface area contributed by atoms with Gasteiger partial charge >= 0.3 is 0 Å². The van der Waals surface area contributed by atoms with Gasteiger partial charge in [0, 0.05) is 44.4 Å². The molecule has 6 heteroatoms. The largest absolute Gasteiger partial charge is 0.511 e. The predicted molar refractivity (Wildman–Crippen MR) is 116 cm³/mol. The smallest absolute Gasteiger partial charge is 0.168 e. The fourth-order valence-corrected chi connectivity index (χ4v) is 4.42. The van der Waals surface area contributed by atoms with E-state index in [0.29, 0.717) is 54.8 Å². The van der Waals surface area contributed by atoms with Crippen LogP contribution in [0.1, 0.15) is 100 Å². The molecular formula is C24H34N2O4. The van der Waals surface area contributed by atoms with Crippen molar-refractivity contribution >= 4 is 17.3 Å². The van der Waals surface area contributed by atoms with E-state index < -0.39 is 0 Å². The molecule has 3 rings (SSSR count). The van der Waals surface area contributed by atoms with Crippen molar-refractivity contribution in [2.45, 2.75) is 91.4 Å². The highest BCUT2D eigenvalue weighted by atomic mass is 16.5. The Labute approximate surface area is 178 Å². The number of nitrogens with zero attached hydrogens (tertiary/aromatic N) is 2. The molecule has 0 amide bonds. The minimum absolute atomic E-state index is 0.0361. The van der Waals surface area contributed by atoms with Crippen LogP contribution in [0.2, 0.25) is 0 Å². The van der Waals surface area contributed by atoms with Gasteiger partial charge in [0.15, 0.2) is 11.6 Å². The molecule has 164 valence electrons. The summed E-state index contributed by atoms with van der Waals surface area (Å²) in [6.07, 6.45) is 8.23. The highest BCUT2D eigenvalue weighted by Gasteiger charge is 2.36. The van der Waals surface area contributed by atoms with E-state index >= 15 is 0 Å². The molecule has 1 heterocycles. The van der Waals surface area contributed by atoms with Crippen LogP contribution in [0.25, 0.3) is 0 Å². The second-order valence-electron chi connectivity index (χ2n) is 9.36. The zero-order chi connectivity index (χ0) is 21.7. The van der Waals surface area contributed by atoms with E-state index in [4.69, 9.17) is 4.52 Å². The summed E-state index contributed by atoms with van der Waals surface area (Å²) in [5, 5.41) is 14.8. The van der Waals surface area contributed by atoms with Crippen molar-refractivity contribution in [3.63, 3.8) is 0 Å². The van der Waals surface area contributed by atoms with Crippen molar-refractivity contribution in [1.29, 1.82) is 0 Å². The van der Waals surface area contributed by atoms with Gasteiger partial charge < -0.3 is 9.63 Å². The van der Waals surface area contributed by atoms with Gasteiger partial charge in [-0.15, -0.1) is 0 Å². The lowest BCUT2D eigenvalue weighted by atomic mass is 9.76. The second kappa shape index (κ2) is 9.71. The third-order valence-corrected chi connectivity index (χ3v) is 5.98. The van der Waals surface area contributed by atoms with Crippen LogP contribution in [0.5, 0.6) is 0 Å². The highest BCUT2D eigenvalue weighted by molar-refractivity contribution is 6.24. The van der Waals surface area contributed by atoms with Crippen molar-refractivity contribution in [2.24, 2.45) is 10.4 Å². The quantitative estimate of drug-likeness (QED) is 0.352. The summed E-state index contributed by atoms with van der Waals surface area (Å²) >= 11 is 0. The average Bonchev–Trinajstić information content (AvgIpc) is 3.08. The van der Waals surface area contributed by atoms with Gasteiger partial charge in [0.05, 0.1) is 16.8 Å². The summed E-state index contributed by atoms with van der Waals surface area (Å²) in [7, 11) is 0. The van der Waals surface area contributed by atoms with Crippen molar-refractivity contribution in [3.8, 4) is 0 Å². The minimum atomic E-state index is -0.123. The molecule has 0 atom stereocenters. The molecule has 1 aromatic rings. The Morgan fingerprint density at radius 2 is 1.93 bits per heavy atom. The Bertz CT molecular complexity index is 861. The maximum atomic E-state index is 12.6. The fraction of sp³-hybridized carbons (Fsp3) is 0.667. The lowest BCUT2D eigenvalue weighted by Gasteiger charge is -2.26. The van der Waals surface area contributed by atoms with E-state index in [1.165, 1.54) is 12.8 Å². The molecule has 0 bridgehead atoms. The number of aromatic nitrogens is 1. The number of aliphatic imine (C=N–C) groups is 1. The first-order valence-corrected chi connectivity index (χ1v) is 11.3. The number of rotatable bonds is 8. The molecule has 2 aliphatic carbocycles. The Kier molecular flexibility index (Phi) is 7.27. The van der Waals surface area contributed by atoms with Crippen molar-refractivity contribution in [3.05, 3.63) is 28.3 Å². The minimum Gasteiger partial charge on any atom is -0.511 e. The van der Waals surface area contributed by atoms with Crippen LogP contribution in [0, 0.1) is 5.41 Å². The van der Waals surface area contributed by atoms with Crippen LogP contribution >= 0.6 is 0 Å². The maximum absolute atomic E-state index is 12.6. The van der Waals surface area contributed by atoms with E-state index in [0.717, 1.165) is 31.4 Å². The van der Waals surface area contributed by atoms with Crippen LogP contribution in [0.15, 0.2) is 20.8 Å². The number of fused-ring (bicyclic) bond motifs is 1. The molecule has 0 radical (unpaired) electrons. The molecule has 1 aromatic heterocycles. The summed E-state index contributed by atoms with van der Waals surface area (Å²) in [4.78, 5) is 29.7. The van der Waals surface area contributed by atoms with Gasteiger partial charge in [-0.3, -0.25) is 14.6 Å². The van der Waals surface area contributed by atoms with Crippen LogP contribution in [0.3, 0.4) is 0 Å². The van der Waals surface area contributed by atoms with Crippen LogP contribution < -0.4 is 0 Å². The average molecular weight is 415 g/mol. The van der Waals surface area contributed by atoms with Gasteiger partial charge in [-0.2, -0.15) is 0 Å². The summed E-state index contributed by atoms with van der Waals surface area (Å²) < 4.78 is 5.44. The molecular weight excluding hydrogens is 380 g/mol. The number of aliphatic hydroxyl groups is 1. The molecule has 1 fully saturated rings. The third-order valence-electron chi connectivity index (χ3n) is 5.98. The molecule has 2 aliphatic rings. The number of aliphatic hydroxyl groups excluding tert-OH is 1. The van der Waals surface area contributed by atoms with Gasteiger partial charge in [-0.25, -0.2) is 0 Å². The summed E-state index contributed by atoms with van der Waals surface area (Å²) in [6, 6.07) is 0. The van der Waals surface area contributed by atoms with E-state index in [9.17, 15) is 14.7 Å². The number of hydrogen-bond donors (Lipinski definition) is 1. The highest BCUT2D eigenvalue weighted by Crippen LogP contribution is 2.36. The van der Waals surface area contributed by atoms with Crippen molar-refractivity contribution < 1.29 is 19.2 Å². The maximum Gasteiger partial charge on any atom is 0.168 e. The van der Waals surface area contributed by atoms with Gasteiger partial charge in [-0.05, 0) is 24.7 Å². The molecule has 30 heavy (non-hydrogen) atoms. The fourth-order valence-electron chi connectivity index (χ4n) is 4.42. The van der Waals surface area contributed by atoms with E-state index in [-0.39, 0.29) is 29.2 Å². The third kappa shape index (κ3) is 5.27. The molecule has 0 aliphatic heterocycles. The van der Waals surface area contributed by atoms with Crippen LogP contribution in [-0.2, 0) is 17.6 Å². The van der Waals surface area contributed by atoms with Crippen molar-refractivity contribution in [1.82, 2.24) is 5.16 Å². The number of unbranched alkanes of at least 4 members (excludes halogenated alkanes) is 3. The van der Waals surface area contributed by atoms with Gasteiger partial charge in [-0.1, -0.05) is 45.2 Å². The topological polar surface area (TPSA) is 92.8 Å². The summed E-state index contributed by atoms with van der Waals surface area (Å²) in [6.45, 7) is 6.96. The van der Waals surface area contributed by atoms with Gasteiger partial charge in [0.1, 0.15) is 11.5 Å². The monoisotopic (exact) mass is 414 g/mol. The van der Waals surface area contributed by atoms with Crippen molar-refractivity contribution in [2.75, 3.05) is 6.54 Å². The van der Waals surface area contributed by atoms with Crippen LogP contribution in [0.4, 0.5) is 0 Å². The Morgan fingerprint density at radius 3 is 2.70 bits per heavy atom. The number of hydrogen-bond acceptors (Lipinski definition) is 6. The molecule has 6 nitrogen and oxygen atoms in total. The Morgan fingerprint density at radius 1 is 1.13 bits per heavy atom. The van der Waals surface area contributed by atoms with Crippen LogP contribution in [-0.4, -0.2) is 34.1 Å². The lowest BCUT2D eigenvalue weighted by Crippen LogP contribution is -2.26. The first kappa shape index (κ1) is 22.4. The molecule has 0 saturated heterocycles. The van der Waals surface area contributed by atoms with E-state index in [2.05, 4.69) is 17.1 Å². The number of carbonyl (C=O) groups excluding carboxylic acids is 2. The van der Waals surface area contributed by atoms with E-state index in [1.54, 1.807) is 0 Å². The molecule has 0 aromatic carbocycles. The number of carbonyl (C=O) groups is 2. The standard InChI is InChI=1S/C24H34N2O4/c1-4-5-6-7-13-25-16-9-8-10-18(27)22(16)19(28)12-11-17-23-20(29)14-24(2,3)15-21(23)30-26-17/h28H,4-15H2,1-3H3/b22-19-,25-16?. The predicted octanol–water partition coefficient (Wildman–Crippen LogP) is 5.35. The lowest BCUT2D eigenvalue weighted by molar-refractivity contribution is -0.115. The normalized spacial score (nSPS) is 21.8. The molecule has 1 N–H and O–H groups in total. The first-order chi connectivity index (χ1) is 14.3. The van der Waals surface area contributed by atoms with Gasteiger partial charge in [0.25, 0.3) is 0 Å². The number of allylic oxidation sites excluding steroid dienone is 2. The number of ketones is 2. The Balaban J connectivity index is 1.72. The zero-order valence-electron chi connectivity index (χ0n) is 18.6.